The van der Waals surface area contributed by atoms with E-state index in [2.05, 4.69) is 6.92 Å². The molecule has 0 atom stereocenters. The molecule has 0 saturated carbocycles. The molecular weight excluding hydrogens is 382 g/mol. The van der Waals surface area contributed by atoms with Crippen LogP contribution < -0.4 is 4.90 Å². The zero-order valence-electron chi connectivity index (χ0n) is 16.3. The normalized spacial score (nSPS) is 19.6. The molecule has 2 heterocycles. The number of rotatable bonds is 4. The van der Waals surface area contributed by atoms with Crippen molar-refractivity contribution in [3.8, 4) is 0 Å². The molecule has 1 aromatic carbocycles. The third-order valence-electron chi connectivity index (χ3n) is 5.84. The summed E-state index contributed by atoms with van der Waals surface area (Å²) in [6, 6.07) is 4.39. The van der Waals surface area contributed by atoms with Crippen LogP contribution in [0.3, 0.4) is 0 Å². The van der Waals surface area contributed by atoms with Crippen molar-refractivity contribution in [1.29, 1.82) is 0 Å². The first-order valence-corrected chi connectivity index (χ1v) is 11.6. The van der Waals surface area contributed by atoms with Crippen LogP contribution in [0.2, 0.25) is 0 Å². The van der Waals surface area contributed by atoms with Crippen LogP contribution in [0, 0.1) is 22.0 Å². The van der Waals surface area contributed by atoms with Crippen LogP contribution in [-0.4, -0.2) is 56.6 Å². The molecule has 28 heavy (non-hydrogen) atoms. The first-order valence-electron chi connectivity index (χ1n) is 9.69. The Balaban J connectivity index is 1.73. The van der Waals surface area contributed by atoms with E-state index < -0.39 is 14.8 Å². The van der Waals surface area contributed by atoms with Crippen LogP contribution in [0.15, 0.2) is 23.1 Å². The van der Waals surface area contributed by atoms with Crippen LogP contribution in [0.5, 0.6) is 0 Å². The molecular formula is C19H27N3O5S. The number of likely N-dealkylation sites (tertiary alicyclic amines) is 1. The van der Waals surface area contributed by atoms with Gasteiger partial charge in [0, 0.05) is 38.4 Å². The zero-order valence-corrected chi connectivity index (χ0v) is 17.2. The molecule has 2 aliphatic rings. The Labute approximate surface area is 165 Å². The molecule has 3 rings (SSSR count). The number of hydrogen-bond donors (Lipinski definition) is 0. The SMILES string of the molecule is CC1CCN(C(=O)C2CCN(c3cccc(S(C)(=O)=O)c3[N+](=O)[O-])CC2)CC1. The lowest BCUT2D eigenvalue weighted by molar-refractivity contribution is -0.387. The second kappa shape index (κ2) is 8.06. The second-order valence-electron chi connectivity index (χ2n) is 7.92. The number of amides is 1. The van der Waals surface area contributed by atoms with Crippen molar-refractivity contribution in [1.82, 2.24) is 4.90 Å². The number of carbonyl (C=O) groups is 1. The summed E-state index contributed by atoms with van der Waals surface area (Å²) in [5.41, 5.74) is -0.0644. The van der Waals surface area contributed by atoms with Crippen molar-refractivity contribution in [2.75, 3.05) is 37.3 Å². The van der Waals surface area contributed by atoms with E-state index in [9.17, 15) is 23.3 Å². The van der Waals surface area contributed by atoms with Gasteiger partial charge in [-0.3, -0.25) is 14.9 Å². The van der Waals surface area contributed by atoms with Gasteiger partial charge in [0.05, 0.1) is 4.92 Å². The Hall–Kier alpha value is -2.16. The number of carbonyl (C=O) groups excluding carboxylic acids is 1. The highest BCUT2D eigenvalue weighted by atomic mass is 32.2. The minimum atomic E-state index is -3.71. The van der Waals surface area contributed by atoms with Crippen molar-refractivity contribution in [2.45, 2.75) is 37.5 Å². The molecule has 2 fully saturated rings. The fraction of sp³-hybridized carbons (Fsp3) is 0.632. The van der Waals surface area contributed by atoms with Crippen LogP contribution in [-0.2, 0) is 14.6 Å². The predicted molar refractivity (Wildman–Crippen MR) is 106 cm³/mol. The Bertz CT molecular complexity index is 854. The second-order valence-corrected chi connectivity index (χ2v) is 9.91. The number of piperidine rings is 2. The van der Waals surface area contributed by atoms with Gasteiger partial charge >= 0.3 is 5.69 Å². The van der Waals surface area contributed by atoms with Gasteiger partial charge in [0.25, 0.3) is 0 Å². The van der Waals surface area contributed by atoms with Gasteiger partial charge in [-0.1, -0.05) is 13.0 Å². The maximum atomic E-state index is 12.8. The third kappa shape index (κ3) is 4.29. The van der Waals surface area contributed by atoms with Gasteiger partial charge in [-0.05, 0) is 43.7 Å². The number of nitro groups is 1. The third-order valence-corrected chi connectivity index (χ3v) is 6.97. The molecule has 0 spiro atoms. The van der Waals surface area contributed by atoms with Gasteiger partial charge in [0.2, 0.25) is 5.91 Å². The molecule has 0 aromatic heterocycles. The minimum Gasteiger partial charge on any atom is -0.366 e. The van der Waals surface area contributed by atoms with Gasteiger partial charge in [-0.2, -0.15) is 0 Å². The molecule has 0 N–H and O–H groups in total. The lowest BCUT2D eigenvalue weighted by Gasteiger charge is -2.37. The summed E-state index contributed by atoms with van der Waals surface area (Å²) in [5.74, 6) is 0.779. The number of nitro benzene ring substituents is 1. The topological polar surface area (TPSA) is 101 Å². The molecule has 1 aromatic rings. The first kappa shape index (κ1) is 20.6. The van der Waals surface area contributed by atoms with Crippen molar-refractivity contribution >= 4 is 27.1 Å². The molecule has 2 aliphatic heterocycles. The van der Waals surface area contributed by atoms with Crippen LogP contribution >= 0.6 is 0 Å². The monoisotopic (exact) mass is 409 g/mol. The zero-order chi connectivity index (χ0) is 20.5. The van der Waals surface area contributed by atoms with Gasteiger partial charge in [-0.25, -0.2) is 8.42 Å². The summed E-state index contributed by atoms with van der Waals surface area (Å²) in [4.78, 5) is 27.3. The van der Waals surface area contributed by atoms with E-state index in [1.165, 1.54) is 12.1 Å². The quantitative estimate of drug-likeness (QED) is 0.559. The number of anilines is 1. The summed E-state index contributed by atoms with van der Waals surface area (Å²) < 4.78 is 23.9. The van der Waals surface area contributed by atoms with Gasteiger partial charge < -0.3 is 9.80 Å². The molecule has 154 valence electrons. The maximum Gasteiger partial charge on any atom is 0.311 e. The molecule has 2 saturated heterocycles. The van der Waals surface area contributed by atoms with Crippen molar-refractivity contribution in [2.24, 2.45) is 11.8 Å². The molecule has 9 heteroatoms. The van der Waals surface area contributed by atoms with Gasteiger partial charge in [0.1, 0.15) is 10.6 Å². The van der Waals surface area contributed by atoms with Gasteiger partial charge in [0.15, 0.2) is 9.84 Å². The predicted octanol–water partition coefficient (Wildman–Crippen LogP) is 2.47. The molecule has 0 radical (unpaired) electrons. The number of hydrogen-bond acceptors (Lipinski definition) is 6. The van der Waals surface area contributed by atoms with E-state index in [0.717, 1.165) is 32.2 Å². The molecule has 0 unspecified atom stereocenters. The highest BCUT2D eigenvalue weighted by Crippen LogP contribution is 2.36. The number of sulfone groups is 1. The van der Waals surface area contributed by atoms with Crippen molar-refractivity contribution in [3.63, 3.8) is 0 Å². The van der Waals surface area contributed by atoms with E-state index >= 15 is 0 Å². The summed E-state index contributed by atoms with van der Waals surface area (Å²) in [7, 11) is -3.71. The lowest BCUT2D eigenvalue weighted by Crippen LogP contribution is -2.45. The molecule has 1 amide bonds. The number of benzene rings is 1. The summed E-state index contributed by atoms with van der Waals surface area (Å²) in [6.07, 6.45) is 4.28. The summed E-state index contributed by atoms with van der Waals surface area (Å²) >= 11 is 0. The Morgan fingerprint density at radius 1 is 1.11 bits per heavy atom. The van der Waals surface area contributed by atoms with E-state index in [4.69, 9.17) is 0 Å². The Kier molecular flexibility index (Phi) is 5.92. The van der Waals surface area contributed by atoms with Crippen LogP contribution in [0.25, 0.3) is 0 Å². The van der Waals surface area contributed by atoms with Crippen molar-refractivity contribution < 1.29 is 18.1 Å². The number of nitrogens with zero attached hydrogens (tertiary/aromatic N) is 3. The fourth-order valence-electron chi connectivity index (χ4n) is 4.10. The summed E-state index contributed by atoms with van der Waals surface area (Å²) in [5, 5.41) is 11.6. The Morgan fingerprint density at radius 2 is 1.71 bits per heavy atom. The minimum absolute atomic E-state index is 0.0678. The first-order chi connectivity index (χ1) is 13.2. The summed E-state index contributed by atoms with van der Waals surface area (Å²) in [6.45, 7) is 4.81. The maximum absolute atomic E-state index is 12.8. The lowest BCUT2D eigenvalue weighted by atomic mass is 9.92. The van der Waals surface area contributed by atoms with Crippen molar-refractivity contribution in [3.05, 3.63) is 28.3 Å². The largest absolute Gasteiger partial charge is 0.366 e. The standard InChI is InChI=1S/C19H27N3O5S/c1-14-6-10-21(11-7-14)19(23)15-8-12-20(13-9-15)16-4-3-5-17(28(2,26)27)18(16)22(24)25/h3-5,14-15H,6-13H2,1-2H3. The molecule has 8 nitrogen and oxygen atoms in total. The molecule has 0 bridgehead atoms. The smallest absolute Gasteiger partial charge is 0.311 e. The van der Waals surface area contributed by atoms with E-state index in [1.54, 1.807) is 6.07 Å². The average Bonchev–Trinajstić information content (AvgIpc) is 2.67. The van der Waals surface area contributed by atoms with E-state index in [-0.39, 0.29) is 22.4 Å². The average molecular weight is 410 g/mol. The Morgan fingerprint density at radius 3 is 2.25 bits per heavy atom. The highest BCUT2D eigenvalue weighted by Gasteiger charge is 2.34. The van der Waals surface area contributed by atoms with Gasteiger partial charge in [-0.15, -0.1) is 0 Å². The number of para-hydroxylation sites is 1. The fourth-order valence-corrected chi connectivity index (χ4v) is 4.96. The highest BCUT2D eigenvalue weighted by molar-refractivity contribution is 7.90. The molecule has 0 aliphatic carbocycles. The van der Waals surface area contributed by atoms with E-state index in [1.807, 2.05) is 9.80 Å². The van der Waals surface area contributed by atoms with Crippen LogP contribution in [0.1, 0.15) is 32.6 Å². The van der Waals surface area contributed by atoms with E-state index in [0.29, 0.717) is 37.5 Å². The van der Waals surface area contributed by atoms with Crippen LogP contribution in [0.4, 0.5) is 11.4 Å².